The van der Waals surface area contributed by atoms with E-state index in [1.165, 1.54) is 5.56 Å². The van der Waals surface area contributed by atoms with E-state index in [9.17, 15) is 4.79 Å². The molecule has 0 aromatic heterocycles. The summed E-state index contributed by atoms with van der Waals surface area (Å²) in [5.74, 6) is 1.15. The number of aliphatic carboxylic acids is 1. The van der Waals surface area contributed by atoms with Gasteiger partial charge in [-0.15, -0.1) is 0 Å². The van der Waals surface area contributed by atoms with Crippen LogP contribution in [-0.4, -0.2) is 31.4 Å². The monoisotopic (exact) mass is 392 g/mol. The molecule has 0 aliphatic carbocycles. The lowest BCUT2D eigenvalue weighted by Gasteiger charge is -2.13. The van der Waals surface area contributed by atoms with Crippen molar-refractivity contribution in [3.8, 4) is 28.4 Å². The summed E-state index contributed by atoms with van der Waals surface area (Å²) < 4.78 is 16.9. The minimum Gasteiger partial charge on any atom is -0.493 e. The van der Waals surface area contributed by atoms with Crippen molar-refractivity contribution in [3.05, 3.63) is 78.4 Å². The fourth-order valence-corrected chi connectivity index (χ4v) is 2.92. The van der Waals surface area contributed by atoms with Crippen molar-refractivity contribution in [2.24, 2.45) is 0 Å². The predicted octanol–water partition coefficient (Wildman–Crippen LogP) is 4.84. The third-order valence-electron chi connectivity index (χ3n) is 4.43. The van der Waals surface area contributed by atoms with Gasteiger partial charge >= 0.3 is 5.97 Å². The maximum Gasteiger partial charge on any atom is 0.303 e. The van der Waals surface area contributed by atoms with E-state index in [-0.39, 0.29) is 6.42 Å². The molecular weight excluding hydrogens is 368 g/mol. The Morgan fingerprint density at radius 1 is 0.828 bits per heavy atom. The Morgan fingerprint density at radius 2 is 1.52 bits per heavy atom. The zero-order valence-corrected chi connectivity index (χ0v) is 16.3. The fourth-order valence-electron chi connectivity index (χ4n) is 2.92. The van der Waals surface area contributed by atoms with Crippen LogP contribution in [0.4, 0.5) is 0 Å². The third kappa shape index (κ3) is 6.01. The summed E-state index contributed by atoms with van der Waals surface area (Å²) in [7, 11) is 1.56. The van der Waals surface area contributed by atoms with Crippen molar-refractivity contribution >= 4 is 5.97 Å². The first kappa shape index (κ1) is 20.3. The molecule has 0 amide bonds. The molecule has 3 aromatic carbocycles. The Hall–Kier alpha value is -3.47. The van der Waals surface area contributed by atoms with Gasteiger partial charge in [0.25, 0.3) is 0 Å². The Labute approximate surface area is 170 Å². The van der Waals surface area contributed by atoms with Gasteiger partial charge in [-0.3, -0.25) is 4.79 Å². The van der Waals surface area contributed by atoms with Crippen LogP contribution in [0.5, 0.6) is 17.2 Å². The van der Waals surface area contributed by atoms with E-state index >= 15 is 0 Å². The highest BCUT2D eigenvalue weighted by molar-refractivity contribution is 5.67. The maximum absolute atomic E-state index is 10.7. The number of hydrogen-bond donors (Lipinski definition) is 1. The van der Waals surface area contributed by atoms with E-state index in [0.29, 0.717) is 31.1 Å². The van der Waals surface area contributed by atoms with Crippen molar-refractivity contribution in [1.82, 2.24) is 0 Å². The first-order valence-corrected chi connectivity index (χ1v) is 9.45. The lowest BCUT2D eigenvalue weighted by Crippen LogP contribution is -2.09. The molecule has 1 N–H and O–H groups in total. The molecule has 0 bridgehead atoms. The Balaban J connectivity index is 1.49. The van der Waals surface area contributed by atoms with Gasteiger partial charge in [-0.2, -0.15) is 0 Å². The summed E-state index contributed by atoms with van der Waals surface area (Å²) in [5, 5.41) is 8.80. The second-order valence-corrected chi connectivity index (χ2v) is 6.47. The average molecular weight is 392 g/mol. The molecule has 0 saturated carbocycles. The van der Waals surface area contributed by atoms with Crippen LogP contribution in [0.3, 0.4) is 0 Å². The molecule has 0 heterocycles. The number of rotatable bonds is 10. The normalized spacial score (nSPS) is 10.4. The van der Waals surface area contributed by atoms with Crippen LogP contribution in [-0.2, 0) is 11.2 Å². The van der Waals surface area contributed by atoms with Crippen LogP contribution in [0, 0.1) is 0 Å². The first-order valence-electron chi connectivity index (χ1n) is 9.45. The summed E-state index contributed by atoms with van der Waals surface area (Å²) >= 11 is 0. The Morgan fingerprint density at radius 3 is 2.21 bits per heavy atom. The first-order chi connectivity index (χ1) is 14.2. The van der Waals surface area contributed by atoms with Crippen molar-refractivity contribution in [3.63, 3.8) is 0 Å². The van der Waals surface area contributed by atoms with Crippen molar-refractivity contribution in [1.29, 1.82) is 0 Å². The molecule has 150 valence electrons. The van der Waals surface area contributed by atoms with E-state index in [1.807, 2.05) is 48.5 Å². The van der Waals surface area contributed by atoms with Crippen LogP contribution in [0.15, 0.2) is 72.8 Å². The minimum atomic E-state index is -0.821. The van der Waals surface area contributed by atoms with Crippen LogP contribution in [0.1, 0.15) is 12.0 Å². The summed E-state index contributed by atoms with van der Waals surface area (Å²) in [6.45, 7) is 0.764. The zero-order chi connectivity index (χ0) is 20.5. The number of carbonyl (C=O) groups is 1. The Kier molecular flexibility index (Phi) is 7.11. The number of benzene rings is 3. The summed E-state index contributed by atoms with van der Waals surface area (Å²) in [6, 6.07) is 23.6. The molecule has 0 radical (unpaired) electrons. The van der Waals surface area contributed by atoms with Gasteiger partial charge < -0.3 is 19.3 Å². The molecule has 0 unspecified atom stereocenters. The van der Waals surface area contributed by atoms with Gasteiger partial charge in [-0.1, -0.05) is 48.5 Å². The van der Waals surface area contributed by atoms with E-state index in [2.05, 4.69) is 12.1 Å². The largest absolute Gasteiger partial charge is 0.493 e. The highest BCUT2D eigenvalue weighted by Gasteiger charge is 2.07. The molecule has 0 aliphatic heterocycles. The van der Waals surface area contributed by atoms with E-state index in [0.717, 1.165) is 16.9 Å². The average Bonchev–Trinajstić information content (AvgIpc) is 2.76. The predicted molar refractivity (Wildman–Crippen MR) is 112 cm³/mol. The highest BCUT2D eigenvalue weighted by Crippen LogP contribution is 2.28. The number of aryl methyl sites for hydroxylation is 1. The zero-order valence-electron chi connectivity index (χ0n) is 16.3. The fraction of sp³-hybridized carbons (Fsp3) is 0.208. The van der Waals surface area contributed by atoms with Gasteiger partial charge in [0.2, 0.25) is 0 Å². The molecule has 5 heteroatoms. The summed E-state index contributed by atoms with van der Waals surface area (Å²) in [5.41, 5.74) is 3.20. The van der Waals surface area contributed by atoms with E-state index < -0.39 is 5.97 Å². The van der Waals surface area contributed by atoms with Gasteiger partial charge in [0.05, 0.1) is 7.11 Å². The van der Waals surface area contributed by atoms with Crippen LogP contribution in [0.2, 0.25) is 0 Å². The number of ether oxygens (including phenoxy) is 3. The smallest absolute Gasteiger partial charge is 0.303 e. The lowest BCUT2D eigenvalue weighted by molar-refractivity contribution is -0.136. The summed E-state index contributed by atoms with van der Waals surface area (Å²) in [4.78, 5) is 10.7. The molecule has 0 saturated heterocycles. The lowest BCUT2D eigenvalue weighted by atomic mass is 10.1. The molecule has 0 fully saturated rings. The van der Waals surface area contributed by atoms with Crippen molar-refractivity contribution in [2.45, 2.75) is 12.8 Å². The van der Waals surface area contributed by atoms with Crippen LogP contribution >= 0.6 is 0 Å². The summed E-state index contributed by atoms with van der Waals surface area (Å²) in [6.07, 6.45) is 0.536. The van der Waals surface area contributed by atoms with Crippen molar-refractivity contribution < 1.29 is 24.1 Å². The second kappa shape index (κ2) is 10.2. The molecule has 0 atom stereocenters. The van der Waals surface area contributed by atoms with E-state index in [4.69, 9.17) is 19.3 Å². The third-order valence-corrected chi connectivity index (χ3v) is 4.43. The van der Waals surface area contributed by atoms with Crippen molar-refractivity contribution in [2.75, 3.05) is 20.3 Å². The molecule has 3 aromatic rings. The SMILES string of the molecule is COc1cc(CCC(=O)O)ccc1OCCOc1ccc(-c2ccccc2)cc1. The molecule has 5 nitrogen and oxygen atoms in total. The minimum absolute atomic E-state index is 0.0836. The molecular formula is C24H24O5. The van der Waals surface area contributed by atoms with Gasteiger partial charge in [0.1, 0.15) is 19.0 Å². The molecule has 0 spiro atoms. The maximum atomic E-state index is 10.7. The standard InChI is InChI=1S/C24H24O5/c1-27-23-17-18(8-14-24(25)26)7-13-22(23)29-16-15-28-21-11-9-20(10-12-21)19-5-3-2-4-6-19/h2-7,9-13,17H,8,14-16H2,1H3,(H,25,26). The topological polar surface area (TPSA) is 65.0 Å². The number of carboxylic acids is 1. The molecule has 0 aliphatic rings. The van der Waals surface area contributed by atoms with E-state index in [1.54, 1.807) is 19.2 Å². The quantitative estimate of drug-likeness (QED) is 0.500. The molecule has 29 heavy (non-hydrogen) atoms. The number of methoxy groups -OCH3 is 1. The Bertz CT molecular complexity index is 920. The number of carboxylic acid groups (broad SMARTS) is 1. The number of hydrogen-bond acceptors (Lipinski definition) is 4. The van der Waals surface area contributed by atoms with Crippen LogP contribution < -0.4 is 14.2 Å². The molecule has 3 rings (SSSR count). The van der Waals surface area contributed by atoms with Gasteiger partial charge in [0.15, 0.2) is 11.5 Å². The van der Waals surface area contributed by atoms with Gasteiger partial charge in [-0.25, -0.2) is 0 Å². The van der Waals surface area contributed by atoms with Crippen LogP contribution in [0.25, 0.3) is 11.1 Å². The van der Waals surface area contributed by atoms with Gasteiger partial charge in [0, 0.05) is 6.42 Å². The highest BCUT2D eigenvalue weighted by atomic mass is 16.5. The van der Waals surface area contributed by atoms with Gasteiger partial charge in [-0.05, 0) is 47.4 Å². The second-order valence-electron chi connectivity index (χ2n) is 6.47.